The van der Waals surface area contributed by atoms with Gasteiger partial charge < -0.3 is 15.0 Å². The molecule has 0 spiro atoms. The molecule has 0 aliphatic carbocycles. The largest absolute Gasteiger partial charge is 0.497 e. The number of hydrogen-bond donors (Lipinski definition) is 1. The van der Waals surface area contributed by atoms with Crippen LogP contribution in [0.3, 0.4) is 0 Å². The molecule has 1 aliphatic heterocycles. The third-order valence-electron chi connectivity index (χ3n) is 5.88. The molecule has 1 N–H and O–H groups in total. The van der Waals surface area contributed by atoms with E-state index in [1.165, 1.54) is 0 Å². The average molecular weight is 445 g/mol. The number of benzene rings is 2. The highest BCUT2D eigenvalue weighted by atomic mass is 16.5. The maximum Gasteiger partial charge on any atom is 0.259 e. The lowest BCUT2D eigenvalue weighted by molar-refractivity contribution is -0.134. The number of methoxy groups -OCH3 is 1. The first kappa shape index (κ1) is 22.5. The maximum absolute atomic E-state index is 13.2. The van der Waals surface area contributed by atoms with Gasteiger partial charge in [0.25, 0.3) is 5.91 Å². The van der Waals surface area contributed by atoms with E-state index in [0.29, 0.717) is 35.7 Å². The molecule has 1 fully saturated rings. The number of anilines is 1. The molecule has 4 rings (SSSR count). The van der Waals surface area contributed by atoms with Crippen molar-refractivity contribution >= 4 is 17.5 Å². The first-order valence-electron chi connectivity index (χ1n) is 11.2. The molecule has 7 heteroatoms. The summed E-state index contributed by atoms with van der Waals surface area (Å²) in [5.41, 5.74) is 2.65. The number of carbonyl (C=O) groups is 2. The molecule has 0 radical (unpaired) electrons. The molecule has 1 saturated heterocycles. The van der Waals surface area contributed by atoms with Crippen LogP contribution in [0.1, 0.15) is 52.7 Å². The van der Waals surface area contributed by atoms with Gasteiger partial charge in [-0.3, -0.25) is 9.59 Å². The number of ether oxygens (including phenoxy) is 1. The second-order valence-corrected chi connectivity index (χ2v) is 8.17. The van der Waals surface area contributed by atoms with E-state index in [2.05, 4.69) is 15.3 Å². The minimum absolute atomic E-state index is 0.0418. The van der Waals surface area contributed by atoms with Gasteiger partial charge in [0.15, 0.2) is 5.82 Å². The van der Waals surface area contributed by atoms with Gasteiger partial charge >= 0.3 is 0 Å². The minimum atomic E-state index is -0.250. The van der Waals surface area contributed by atoms with Crippen molar-refractivity contribution in [3.05, 3.63) is 83.4 Å². The summed E-state index contributed by atoms with van der Waals surface area (Å²) in [5, 5.41) is 2.87. The van der Waals surface area contributed by atoms with Crippen LogP contribution in [0.2, 0.25) is 0 Å². The smallest absolute Gasteiger partial charge is 0.259 e. The topological polar surface area (TPSA) is 84.4 Å². The fraction of sp³-hybridized carbons (Fsp3) is 0.308. The Labute approximate surface area is 193 Å². The Morgan fingerprint density at radius 2 is 1.94 bits per heavy atom. The van der Waals surface area contributed by atoms with E-state index in [1.54, 1.807) is 20.2 Å². The van der Waals surface area contributed by atoms with E-state index in [9.17, 15) is 9.59 Å². The van der Waals surface area contributed by atoms with Crippen molar-refractivity contribution in [2.45, 2.75) is 38.6 Å². The lowest BCUT2D eigenvalue weighted by atomic mass is 9.99. The number of aromatic nitrogens is 2. The van der Waals surface area contributed by atoms with Crippen LogP contribution in [0.5, 0.6) is 5.75 Å². The van der Waals surface area contributed by atoms with Crippen molar-refractivity contribution in [3.8, 4) is 5.75 Å². The van der Waals surface area contributed by atoms with Gasteiger partial charge in [-0.25, -0.2) is 9.97 Å². The van der Waals surface area contributed by atoms with Crippen molar-refractivity contribution in [3.63, 3.8) is 0 Å². The Morgan fingerprint density at radius 1 is 1.12 bits per heavy atom. The van der Waals surface area contributed by atoms with Crippen molar-refractivity contribution in [1.29, 1.82) is 0 Å². The standard InChI is InChI=1S/C26H28N4O3/c1-18-22(26(32)29-20-10-4-3-5-11-20)17-27-25(28-18)23-13-6-7-14-30(23)24(31)16-19-9-8-12-21(15-19)33-2/h3-5,8-12,15,17,23H,6-7,13-14,16H2,1-2H3,(H,29,32)/t23-/m0/s1. The SMILES string of the molecule is COc1cccc(CC(=O)N2CCCC[C@H]2c2ncc(C(=O)Nc3ccccc3)c(C)n2)c1. The lowest BCUT2D eigenvalue weighted by Gasteiger charge is -2.35. The minimum Gasteiger partial charge on any atom is -0.497 e. The number of likely N-dealkylation sites (tertiary alicyclic amines) is 1. The summed E-state index contributed by atoms with van der Waals surface area (Å²) in [5.74, 6) is 1.11. The molecule has 2 aromatic carbocycles. The fourth-order valence-corrected chi connectivity index (χ4v) is 4.15. The van der Waals surface area contributed by atoms with Gasteiger partial charge in [0.2, 0.25) is 5.91 Å². The van der Waals surface area contributed by atoms with Gasteiger partial charge in [0, 0.05) is 18.4 Å². The maximum atomic E-state index is 13.2. The first-order chi connectivity index (χ1) is 16.0. The Balaban J connectivity index is 1.50. The van der Waals surface area contributed by atoms with Crippen LogP contribution in [0.15, 0.2) is 60.8 Å². The van der Waals surface area contributed by atoms with Crippen LogP contribution >= 0.6 is 0 Å². The molecule has 7 nitrogen and oxygen atoms in total. The van der Waals surface area contributed by atoms with Gasteiger partial charge in [0.1, 0.15) is 5.75 Å². The average Bonchev–Trinajstić information content (AvgIpc) is 2.84. The normalized spacial score (nSPS) is 15.7. The molecule has 170 valence electrons. The summed E-state index contributed by atoms with van der Waals surface area (Å²) < 4.78 is 5.28. The van der Waals surface area contributed by atoms with Gasteiger partial charge in [0.05, 0.1) is 30.8 Å². The summed E-state index contributed by atoms with van der Waals surface area (Å²) in [6, 6.07) is 16.7. The highest BCUT2D eigenvalue weighted by Gasteiger charge is 2.30. The second-order valence-electron chi connectivity index (χ2n) is 8.17. The van der Waals surface area contributed by atoms with Gasteiger partial charge in [-0.05, 0) is 56.0 Å². The van der Waals surface area contributed by atoms with Crippen LogP contribution in [0.25, 0.3) is 0 Å². The third kappa shape index (κ3) is 5.37. The molecular formula is C26H28N4O3. The number of nitrogens with one attached hydrogen (secondary N) is 1. The fourth-order valence-electron chi connectivity index (χ4n) is 4.15. The molecule has 33 heavy (non-hydrogen) atoms. The van der Waals surface area contributed by atoms with E-state index >= 15 is 0 Å². The molecule has 3 aromatic rings. The zero-order chi connectivity index (χ0) is 23.2. The third-order valence-corrected chi connectivity index (χ3v) is 5.88. The zero-order valence-electron chi connectivity index (χ0n) is 19.0. The number of nitrogens with zero attached hydrogens (tertiary/aromatic N) is 3. The lowest BCUT2D eigenvalue weighted by Crippen LogP contribution is -2.40. The van der Waals surface area contributed by atoms with Crippen LogP contribution in [0, 0.1) is 6.92 Å². The molecule has 1 aromatic heterocycles. The number of hydrogen-bond acceptors (Lipinski definition) is 5. The van der Waals surface area contributed by atoms with Crippen LogP contribution in [-0.4, -0.2) is 40.3 Å². The molecule has 0 bridgehead atoms. The quantitative estimate of drug-likeness (QED) is 0.611. The first-order valence-corrected chi connectivity index (χ1v) is 11.2. The summed E-state index contributed by atoms with van der Waals surface area (Å²) in [6.07, 6.45) is 4.63. The number of rotatable bonds is 6. The van der Waals surface area contributed by atoms with Crippen LogP contribution in [0.4, 0.5) is 5.69 Å². The van der Waals surface area contributed by atoms with Gasteiger partial charge in [-0.2, -0.15) is 0 Å². The molecule has 1 aliphatic rings. The van der Waals surface area contributed by atoms with Crippen molar-refractivity contribution in [2.75, 3.05) is 19.0 Å². The predicted octanol–water partition coefficient (Wildman–Crippen LogP) is 4.34. The van der Waals surface area contributed by atoms with E-state index in [-0.39, 0.29) is 17.9 Å². The molecular weight excluding hydrogens is 416 g/mol. The van der Waals surface area contributed by atoms with Crippen LogP contribution < -0.4 is 10.1 Å². The molecule has 1 atom stereocenters. The number of aryl methyl sites for hydroxylation is 1. The van der Waals surface area contributed by atoms with Crippen LogP contribution in [-0.2, 0) is 11.2 Å². The summed E-state index contributed by atoms with van der Waals surface area (Å²) in [6.45, 7) is 2.47. The Bertz CT molecular complexity index is 1130. The van der Waals surface area contributed by atoms with Crippen molar-refractivity contribution < 1.29 is 14.3 Å². The highest BCUT2D eigenvalue weighted by Crippen LogP contribution is 2.30. The molecule has 2 heterocycles. The summed E-state index contributed by atoms with van der Waals surface area (Å²) in [4.78, 5) is 36.9. The van der Waals surface area contributed by atoms with E-state index in [0.717, 1.165) is 30.6 Å². The van der Waals surface area contributed by atoms with Crippen molar-refractivity contribution in [1.82, 2.24) is 14.9 Å². The Morgan fingerprint density at radius 3 is 2.70 bits per heavy atom. The second kappa shape index (κ2) is 10.3. The number of piperidine rings is 1. The van der Waals surface area contributed by atoms with E-state index in [1.807, 2.05) is 59.5 Å². The molecule has 0 unspecified atom stereocenters. The summed E-state index contributed by atoms with van der Waals surface area (Å²) >= 11 is 0. The van der Waals surface area contributed by atoms with E-state index < -0.39 is 0 Å². The van der Waals surface area contributed by atoms with Gasteiger partial charge in [-0.15, -0.1) is 0 Å². The highest BCUT2D eigenvalue weighted by molar-refractivity contribution is 6.04. The van der Waals surface area contributed by atoms with E-state index in [4.69, 9.17) is 4.74 Å². The summed E-state index contributed by atoms with van der Waals surface area (Å²) in [7, 11) is 1.62. The van der Waals surface area contributed by atoms with Crippen molar-refractivity contribution in [2.24, 2.45) is 0 Å². The number of amides is 2. The Kier molecular flexibility index (Phi) is 6.98. The number of carbonyl (C=O) groups excluding carboxylic acids is 2. The monoisotopic (exact) mass is 444 g/mol. The zero-order valence-corrected chi connectivity index (χ0v) is 19.0. The van der Waals surface area contributed by atoms with Gasteiger partial charge in [-0.1, -0.05) is 30.3 Å². The Hall–Kier alpha value is -3.74. The molecule has 2 amide bonds. The predicted molar refractivity (Wildman–Crippen MR) is 126 cm³/mol. The number of para-hydroxylation sites is 1. The molecule has 0 saturated carbocycles.